The second-order valence-electron chi connectivity index (χ2n) is 2.96. The van der Waals surface area contributed by atoms with Crippen molar-refractivity contribution in [2.45, 2.75) is 0 Å². The van der Waals surface area contributed by atoms with Crippen molar-refractivity contribution in [3.8, 4) is 6.07 Å². The number of nitrogens with zero attached hydrogens (tertiary/aromatic N) is 1. The molecule has 1 rings (SSSR count). The zero-order chi connectivity index (χ0) is 13.3. The Morgan fingerprint density at radius 1 is 1.29 bits per heavy atom. The van der Waals surface area contributed by atoms with E-state index in [1.54, 1.807) is 18.2 Å². The van der Waals surface area contributed by atoms with E-state index in [9.17, 15) is 4.79 Å². The highest BCUT2D eigenvalue weighted by atomic mass is 16.4. The van der Waals surface area contributed by atoms with E-state index in [1.807, 2.05) is 18.2 Å². The van der Waals surface area contributed by atoms with Crippen LogP contribution in [-0.4, -0.2) is 11.1 Å². The van der Waals surface area contributed by atoms with Crippen molar-refractivity contribution in [3.63, 3.8) is 0 Å². The van der Waals surface area contributed by atoms with Crippen LogP contribution in [0.5, 0.6) is 0 Å². The summed E-state index contributed by atoms with van der Waals surface area (Å²) in [5.74, 6) is -1.03. The van der Waals surface area contributed by atoms with Crippen LogP contribution in [0.1, 0.15) is 5.56 Å². The summed E-state index contributed by atoms with van der Waals surface area (Å²) in [6, 6.07) is 10.8. The van der Waals surface area contributed by atoms with E-state index in [1.165, 1.54) is 6.08 Å². The molecular weight excluding hydrogens is 214 g/mol. The van der Waals surface area contributed by atoms with Gasteiger partial charge in [-0.3, -0.25) is 0 Å². The number of carboxylic acid groups (broad SMARTS) is 1. The lowest BCUT2D eigenvalue weighted by Crippen LogP contribution is -2.00. The average Bonchev–Trinajstić information content (AvgIpc) is 2.38. The molecule has 3 heteroatoms. The van der Waals surface area contributed by atoms with Gasteiger partial charge >= 0.3 is 5.97 Å². The molecule has 0 bridgehead atoms. The molecule has 0 heterocycles. The largest absolute Gasteiger partial charge is 0.478 e. The number of aliphatic carboxylic acids is 1. The molecule has 1 aromatic carbocycles. The highest BCUT2D eigenvalue weighted by Crippen LogP contribution is 2.18. The maximum atomic E-state index is 10.6. The maximum absolute atomic E-state index is 10.6. The Morgan fingerprint density at radius 3 is 2.12 bits per heavy atom. The highest BCUT2D eigenvalue weighted by Gasteiger charge is 2.09. The number of nitriles is 1. The second-order valence-corrected chi connectivity index (χ2v) is 2.96. The quantitative estimate of drug-likeness (QED) is 0.490. The molecule has 0 aliphatic rings. The Balaban J connectivity index is 0.000000557. The SMILES string of the molecule is C=C(C(=C)c1ccccc1)C(=O)O.C=CC#N. The molecule has 86 valence electrons. The maximum Gasteiger partial charge on any atom is 0.335 e. The van der Waals surface area contributed by atoms with Crippen molar-refractivity contribution in [2.75, 3.05) is 0 Å². The summed E-state index contributed by atoms with van der Waals surface area (Å²) in [6.45, 7) is 10.2. The summed E-state index contributed by atoms with van der Waals surface area (Å²) in [4.78, 5) is 10.6. The zero-order valence-corrected chi connectivity index (χ0v) is 9.39. The predicted molar refractivity (Wildman–Crippen MR) is 68.1 cm³/mol. The minimum absolute atomic E-state index is 0.0335. The van der Waals surface area contributed by atoms with E-state index in [-0.39, 0.29) is 5.57 Å². The van der Waals surface area contributed by atoms with Crippen LogP contribution in [0.2, 0.25) is 0 Å². The molecule has 0 aromatic heterocycles. The third-order valence-corrected chi connectivity index (χ3v) is 1.84. The number of benzene rings is 1. The molecule has 0 fully saturated rings. The fourth-order valence-electron chi connectivity index (χ4n) is 0.943. The van der Waals surface area contributed by atoms with Crippen LogP contribution in [0, 0.1) is 11.3 Å². The first-order valence-electron chi connectivity index (χ1n) is 4.72. The average molecular weight is 227 g/mol. The topological polar surface area (TPSA) is 61.1 Å². The minimum atomic E-state index is -1.03. The highest BCUT2D eigenvalue weighted by molar-refractivity contribution is 6.03. The fraction of sp³-hybridized carbons (Fsp3) is 0. The molecule has 0 atom stereocenters. The van der Waals surface area contributed by atoms with E-state index >= 15 is 0 Å². The van der Waals surface area contributed by atoms with Gasteiger partial charge in [-0.25, -0.2) is 4.79 Å². The second kappa shape index (κ2) is 7.66. The van der Waals surface area contributed by atoms with E-state index in [2.05, 4.69) is 19.7 Å². The molecule has 3 nitrogen and oxygen atoms in total. The summed E-state index contributed by atoms with van der Waals surface area (Å²) in [5.41, 5.74) is 1.27. The van der Waals surface area contributed by atoms with Gasteiger partial charge in [0.15, 0.2) is 0 Å². The Hall–Kier alpha value is -2.60. The Bertz CT molecular complexity index is 467. The molecule has 0 aliphatic heterocycles. The van der Waals surface area contributed by atoms with Gasteiger partial charge < -0.3 is 5.11 Å². The summed E-state index contributed by atoms with van der Waals surface area (Å²) in [7, 11) is 0. The van der Waals surface area contributed by atoms with Gasteiger partial charge in [0.25, 0.3) is 0 Å². The third-order valence-electron chi connectivity index (χ3n) is 1.84. The number of carbonyl (C=O) groups is 1. The van der Waals surface area contributed by atoms with Gasteiger partial charge in [-0.2, -0.15) is 5.26 Å². The van der Waals surface area contributed by atoms with Gasteiger partial charge in [0, 0.05) is 6.08 Å². The van der Waals surface area contributed by atoms with Gasteiger partial charge in [-0.1, -0.05) is 50.1 Å². The van der Waals surface area contributed by atoms with Gasteiger partial charge in [0.1, 0.15) is 0 Å². The lowest BCUT2D eigenvalue weighted by atomic mass is 10.0. The first-order chi connectivity index (χ1) is 8.04. The van der Waals surface area contributed by atoms with Crippen LogP contribution in [0.25, 0.3) is 5.57 Å². The molecule has 1 aromatic rings. The molecule has 0 aliphatic carbocycles. The standard InChI is InChI=1S/C11H10O2.C3H3N/c1-8(9(2)11(12)13)10-6-4-3-5-7-10;1-2-3-4/h3-7H,1-2H2,(H,12,13);2H,1H2. The number of carboxylic acids is 1. The number of hydrogen-bond acceptors (Lipinski definition) is 2. The van der Waals surface area contributed by atoms with Crippen LogP contribution in [0.15, 0.2) is 61.7 Å². The van der Waals surface area contributed by atoms with E-state index in [0.29, 0.717) is 5.57 Å². The van der Waals surface area contributed by atoms with Crippen molar-refractivity contribution in [1.82, 2.24) is 0 Å². The molecule has 0 saturated carbocycles. The summed E-state index contributed by atoms with van der Waals surface area (Å²) in [5, 5.41) is 16.2. The number of hydrogen-bond donors (Lipinski definition) is 1. The van der Waals surface area contributed by atoms with Gasteiger partial charge in [-0.15, -0.1) is 0 Å². The van der Waals surface area contributed by atoms with Crippen LogP contribution in [0.4, 0.5) is 0 Å². The van der Waals surface area contributed by atoms with E-state index < -0.39 is 5.97 Å². The Morgan fingerprint density at radius 2 is 1.76 bits per heavy atom. The van der Waals surface area contributed by atoms with Crippen molar-refractivity contribution < 1.29 is 9.90 Å². The van der Waals surface area contributed by atoms with Gasteiger partial charge in [-0.05, 0) is 11.1 Å². The molecule has 1 N–H and O–H groups in total. The number of allylic oxidation sites excluding steroid dienone is 1. The van der Waals surface area contributed by atoms with Crippen molar-refractivity contribution in [1.29, 1.82) is 5.26 Å². The zero-order valence-electron chi connectivity index (χ0n) is 9.39. The summed E-state index contributed by atoms with van der Waals surface area (Å²) >= 11 is 0. The van der Waals surface area contributed by atoms with Gasteiger partial charge in [0.05, 0.1) is 11.6 Å². The van der Waals surface area contributed by atoms with Crippen LogP contribution >= 0.6 is 0 Å². The molecule has 0 saturated heterocycles. The molecular formula is C14H13NO2. The van der Waals surface area contributed by atoms with Crippen molar-refractivity contribution in [3.05, 3.63) is 67.3 Å². The van der Waals surface area contributed by atoms with Crippen molar-refractivity contribution in [2.24, 2.45) is 0 Å². The Labute approximate surface area is 101 Å². The van der Waals surface area contributed by atoms with Gasteiger partial charge in [0.2, 0.25) is 0 Å². The Kier molecular flexibility index (Phi) is 6.49. The molecule has 0 radical (unpaired) electrons. The van der Waals surface area contributed by atoms with E-state index in [4.69, 9.17) is 10.4 Å². The van der Waals surface area contributed by atoms with Crippen molar-refractivity contribution >= 4 is 11.5 Å². The minimum Gasteiger partial charge on any atom is -0.478 e. The number of rotatable bonds is 3. The summed E-state index contributed by atoms with van der Waals surface area (Å²) in [6.07, 6.45) is 1.18. The van der Waals surface area contributed by atoms with E-state index in [0.717, 1.165) is 5.56 Å². The van der Waals surface area contributed by atoms with Crippen LogP contribution < -0.4 is 0 Å². The van der Waals surface area contributed by atoms with Crippen LogP contribution in [-0.2, 0) is 4.79 Å². The van der Waals surface area contributed by atoms with Crippen LogP contribution in [0.3, 0.4) is 0 Å². The predicted octanol–water partition coefficient (Wildman–Crippen LogP) is 3.04. The molecule has 0 unspecified atom stereocenters. The first-order valence-corrected chi connectivity index (χ1v) is 4.72. The lowest BCUT2D eigenvalue weighted by Gasteiger charge is -2.04. The molecule has 0 spiro atoms. The fourth-order valence-corrected chi connectivity index (χ4v) is 0.943. The smallest absolute Gasteiger partial charge is 0.335 e. The normalized spacial score (nSPS) is 7.94. The summed E-state index contributed by atoms with van der Waals surface area (Å²) < 4.78 is 0. The molecule has 0 amide bonds. The monoisotopic (exact) mass is 227 g/mol. The third kappa shape index (κ3) is 5.14. The first kappa shape index (κ1) is 14.4. The lowest BCUT2D eigenvalue weighted by molar-refractivity contribution is -0.132. The molecule has 17 heavy (non-hydrogen) atoms.